The van der Waals surface area contributed by atoms with Gasteiger partial charge in [0, 0.05) is 11.1 Å². The van der Waals surface area contributed by atoms with Crippen LogP contribution in [0.25, 0.3) is 10.9 Å². The minimum absolute atomic E-state index is 0.504. The second-order valence-corrected chi connectivity index (χ2v) is 3.62. The number of benzene rings is 1. The summed E-state index contributed by atoms with van der Waals surface area (Å²) < 4.78 is 0. The van der Waals surface area contributed by atoms with Gasteiger partial charge in [0.15, 0.2) is 0 Å². The fraction of sp³-hybridized carbons (Fsp3) is 0.154. The Morgan fingerprint density at radius 3 is 2.50 bits per heavy atom. The number of nitrogens with zero attached hydrogens (tertiary/aromatic N) is 3. The van der Waals surface area contributed by atoms with Gasteiger partial charge < -0.3 is 0 Å². The van der Waals surface area contributed by atoms with Crippen molar-refractivity contribution in [1.29, 1.82) is 10.5 Å². The summed E-state index contributed by atoms with van der Waals surface area (Å²) in [6, 6.07) is 9.58. The van der Waals surface area contributed by atoms with Crippen molar-refractivity contribution in [3.63, 3.8) is 0 Å². The van der Waals surface area contributed by atoms with Crippen LogP contribution in [0.15, 0.2) is 18.2 Å². The first-order chi connectivity index (χ1) is 7.69. The Balaban J connectivity index is 3.07. The maximum absolute atomic E-state index is 9.17. The Bertz CT molecular complexity index is 657. The van der Waals surface area contributed by atoms with E-state index in [1.807, 2.05) is 19.9 Å². The molecular formula is C13H9N3. The lowest BCUT2D eigenvalue weighted by Gasteiger charge is -2.07. The first kappa shape index (κ1) is 10.1. The van der Waals surface area contributed by atoms with E-state index in [2.05, 4.69) is 17.1 Å². The number of nitriles is 2. The van der Waals surface area contributed by atoms with Gasteiger partial charge in [0.05, 0.1) is 22.7 Å². The Labute approximate surface area is 93.6 Å². The van der Waals surface area contributed by atoms with E-state index < -0.39 is 0 Å². The van der Waals surface area contributed by atoms with Crippen LogP contribution in [0.5, 0.6) is 0 Å². The van der Waals surface area contributed by atoms with Gasteiger partial charge in [-0.15, -0.1) is 0 Å². The van der Waals surface area contributed by atoms with E-state index in [-0.39, 0.29) is 0 Å². The molecule has 16 heavy (non-hydrogen) atoms. The topological polar surface area (TPSA) is 60.5 Å². The third-order valence-electron chi connectivity index (χ3n) is 2.73. The van der Waals surface area contributed by atoms with Crippen LogP contribution >= 0.6 is 0 Å². The zero-order valence-electron chi connectivity index (χ0n) is 9.07. The number of hydrogen-bond donors (Lipinski definition) is 0. The third kappa shape index (κ3) is 1.31. The molecule has 2 rings (SSSR count). The van der Waals surface area contributed by atoms with Crippen LogP contribution in [0.2, 0.25) is 0 Å². The van der Waals surface area contributed by atoms with Crippen LogP contribution in [0, 0.1) is 36.5 Å². The maximum Gasteiger partial charge on any atom is 0.100 e. The van der Waals surface area contributed by atoms with Crippen molar-refractivity contribution < 1.29 is 0 Å². The van der Waals surface area contributed by atoms with Crippen LogP contribution in [0.1, 0.15) is 22.4 Å². The molecule has 0 amide bonds. The zero-order chi connectivity index (χ0) is 11.7. The van der Waals surface area contributed by atoms with E-state index in [9.17, 15) is 5.26 Å². The lowest BCUT2D eigenvalue weighted by atomic mass is 9.99. The number of aromatic nitrogens is 1. The molecule has 76 valence electrons. The lowest BCUT2D eigenvalue weighted by molar-refractivity contribution is 1.18. The maximum atomic E-state index is 9.17. The zero-order valence-corrected chi connectivity index (χ0v) is 9.07. The van der Waals surface area contributed by atoms with Crippen molar-refractivity contribution in [1.82, 2.24) is 4.98 Å². The SMILES string of the molecule is Cc1nc2cccc(C#N)c2c(C#N)c1C. The summed E-state index contributed by atoms with van der Waals surface area (Å²) in [5.74, 6) is 0. The highest BCUT2D eigenvalue weighted by atomic mass is 14.7. The van der Waals surface area contributed by atoms with Crippen molar-refractivity contribution in [3.05, 3.63) is 40.6 Å². The van der Waals surface area contributed by atoms with Gasteiger partial charge in [0.2, 0.25) is 0 Å². The number of rotatable bonds is 0. The predicted octanol–water partition coefficient (Wildman–Crippen LogP) is 2.60. The van der Waals surface area contributed by atoms with Crippen LogP contribution < -0.4 is 0 Å². The van der Waals surface area contributed by atoms with E-state index >= 15 is 0 Å². The van der Waals surface area contributed by atoms with E-state index in [0.717, 1.165) is 11.3 Å². The lowest BCUT2D eigenvalue weighted by Crippen LogP contribution is -1.96. The molecule has 0 atom stereocenters. The van der Waals surface area contributed by atoms with E-state index in [0.29, 0.717) is 22.0 Å². The van der Waals surface area contributed by atoms with E-state index in [1.54, 1.807) is 12.1 Å². The monoisotopic (exact) mass is 207 g/mol. The molecule has 0 saturated carbocycles. The molecule has 0 N–H and O–H groups in total. The smallest absolute Gasteiger partial charge is 0.100 e. The molecule has 1 aromatic heterocycles. The molecule has 2 aromatic rings. The second kappa shape index (κ2) is 3.64. The highest BCUT2D eigenvalue weighted by molar-refractivity contribution is 5.91. The van der Waals surface area contributed by atoms with Crippen LogP contribution in [0.3, 0.4) is 0 Å². The first-order valence-corrected chi connectivity index (χ1v) is 4.89. The van der Waals surface area contributed by atoms with Gasteiger partial charge in [-0.25, -0.2) is 0 Å². The van der Waals surface area contributed by atoms with E-state index in [4.69, 9.17) is 5.26 Å². The van der Waals surface area contributed by atoms with Crippen molar-refractivity contribution in [2.45, 2.75) is 13.8 Å². The van der Waals surface area contributed by atoms with Crippen molar-refractivity contribution in [3.8, 4) is 12.1 Å². The van der Waals surface area contributed by atoms with E-state index in [1.165, 1.54) is 0 Å². The highest BCUT2D eigenvalue weighted by Crippen LogP contribution is 2.24. The third-order valence-corrected chi connectivity index (χ3v) is 2.73. The summed E-state index contributed by atoms with van der Waals surface area (Å²) in [4.78, 5) is 4.39. The minimum atomic E-state index is 0.504. The highest BCUT2D eigenvalue weighted by Gasteiger charge is 2.11. The Morgan fingerprint density at radius 1 is 1.12 bits per heavy atom. The van der Waals surface area contributed by atoms with Crippen molar-refractivity contribution in [2.24, 2.45) is 0 Å². The average molecular weight is 207 g/mol. The fourth-order valence-corrected chi connectivity index (χ4v) is 1.76. The van der Waals surface area contributed by atoms with Crippen molar-refractivity contribution >= 4 is 10.9 Å². The van der Waals surface area contributed by atoms with Gasteiger partial charge in [0.1, 0.15) is 6.07 Å². The number of fused-ring (bicyclic) bond motifs is 1. The Hall–Kier alpha value is -2.39. The Morgan fingerprint density at radius 2 is 1.88 bits per heavy atom. The molecule has 0 aliphatic rings. The normalized spacial score (nSPS) is 9.75. The molecule has 1 heterocycles. The number of aryl methyl sites for hydroxylation is 1. The summed E-state index contributed by atoms with van der Waals surface area (Å²) in [7, 11) is 0. The molecule has 1 aromatic carbocycles. The van der Waals surface area contributed by atoms with Gasteiger partial charge in [0.25, 0.3) is 0 Å². The van der Waals surface area contributed by atoms with Crippen LogP contribution in [-0.2, 0) is 0 Å². The molecule has 0 bridgehead atoms. The molecule has 0 saturated heterocycles. The molecule has 3 nitrogen and oxygen atoms in total. The number of hydrogen-bond acceptors (Lipinski definition) is 3. The summed E-state index contributed by atoms with van der Waals surface area (Å²) in [6.45, 7) is 3.73. The summed E-state index contributed by atoms with van der Waals surface area (Å²) in [5, 5.41) is 18.9. The van der Waals surface area contributed by atoms with Gasteiger partial charge in [-0.1, -0.05) is 6.07 Å². The average Bonchev–Trinajstić information content (AvgIpc) is 2.30. The van der Waals surface area contributed by atoms with Crippen molar-refractivity contribution in [2.75, 3.05) is 0 Å². The molecule has 0 aliphatic carbocycles. The molecule has 0 radical (unpaired) electrons. The molecule has 0 spiro atoms. The van der Waals surface area contributed by atoms with Gasteiger partial charge >= 0.3 is 0 Å². The standard InChI is InChI=1S/C13H9N3/c1-8-9(2)16-12-5-3-4-10(6-14)13(12)11(8)7-15/h3-5H,1-2H3. The molecular weight excluding hydrogens is 198 g/mol. The minimum Gasteiger partial charge on any atom is -0.253 e. The summed E-state index contributed by atoms with van der Waals surface area (Å²) in [5.41, 5.74) is 3.44. The van der Waals surface area contributed by atoms with Gasteiger partial charge in [-0.3, -0.25) is 4.98 Å². The Kier molecular flexibility index (Phi) is 2.31. The summed E-state index contributed by atoms with van der Waals surface area (Å²) >= 11 is 0. The molecule has 0 unspecified atom stereocenters. The van der Waals surface area contributed by atoms with Crippen LogP contribution in [0.4, 0.5) is 0 Å². The van der Waals surface area contributed by atoms with Gasteiger partial charge in [-0.05, 0) is 31.5 Å². The fourth-order valence-electron chi connectivity index (χ4n) is 1.76. The van der Waals surface area contributed by atoms with Crippen LogP contribution in [-0.4, -0.2) is 4.98 Å². The summed E-state index contributed by atoms with van der Waals surface area (Å²) in [6.07, 6.45) is 0. The van der Waals surface area contributed by atoms with Gasteiger partial charge in [-0.2, -0.15) is 10.5 Å². The number of pyridine rings is 1. The quantitative estimate of drug-likeness (QED) is 0.667. The second-order valence-electron chi connectivity index (χ2n) is 3.62. The molecule has 0 aliphatic heterocycles. The molecule has 0 fully saturated rings. The largest absolute Gasteiger partial charge is 0.253 e. The molecule has 3 heteroatoms. The predicted molar refractivity (Wildman–Crippen MR) is 60.6 cm³/mol. The first-order valence-electron chi connectivity index (χ1n) is 4.89.